The standard InChI is InChI=1S/C72H47N3SSi/c1-4-21-52(22-5-1)77(53-23-6-2-7-24-53,54-25-8-3-9-26-54)55-27-18-20-49(45-55)73-66-35-16-12-30-59(66)62-46-50(39-42-68(62)73)75-67-41-38-48(56-32-19-37-71-72(56)60-31-13-17-36-70(60)76-71)44-61(67)63-47-51(40-43-69(63)75)74-64-33-14-10-28-57(64)58-29-11-15-34-65(58)74/h1-47H. The average Bonchev–Trinajstić information content (AvgIpc) is 4.33. The highest BCUT2D eigenvalue weighted by atomic mass is 32.1. The number of benzene rings is 12. The Morgan fingerprint density at radius 3 is 1.19 bits per heavy atom. The summed E-state index contributed by atoms with van der Waals surface area (Å²) in [5, 5.41) is 15.4. The zero-order valence-corrected chi connectivity index (χ0v) is 43.7. The van der Waals surface area contributed by atoms with Crippen LogP contribution in [0, 0.1) is 0 Å². The number of fused-ring (bicyclic) bond motifs is 12. The van der Waals surface area contributed by atoms with E-state index in [0.29, 0.717) is 0 Å². The molecular formula is C72H47N3SSi. The molecule has 5 heteroatoms. The van der Waals surface area contributed by atoms with Gasteiger partial charge in [-0.05, 0) is 123 Å². The van der Waals surface area contributed by atoms with Crippen molar-refractivity contribution < 1.29 is 0 Å². The molecule has 0 aliphatic carbocycles. The van der Waals surface area contributed by atoms with Gasteiger partial charge in [0, 0.05) is 69.6 Å². The van der Waals surface area contributed by atoms with Gasteiger partial charge in [-0.2, -0.15) is 0 Å². The molecule has 3 nitrogen and oxygen atoms in total. The van der Waals surface area contributed by atoms with Crippen LogP contribution >= 0.6 is 11.3 Å². The van der Waals surface area contributed by atoms with Gasteiger partial charge in [-0.25, -0.2) is 0 Å². The molecule has 12 aromatic carbocycles. The Hall–Kier alpha value is -9.52. The molecule has 4 aromatic heterocycles. The van der Waals surface area contributed by atoms with Crippen LogP contribution in [-0.2, 0) is 0 Å². The first kappa shape index (κ1) is 43.8. The molecule has 0 saturated heterocycles. The zero-order valence-electron chi connectivity index (χ0n) is 41.9. The molecule has 16 rings (SSSR count). The molecule has 0 saturated carbocycles. The van der Waals surface area contributed by atoms with E-state index >= 15 is 0 Å². The predicted molar refractivity (Wildman–Crippen MR) is 331 cm³/mol. The second-order valence-corrected chi connectivity index (χ2v) is 25.3. The molecule has 77 heavy (non-hydrogen) atoms. The molecule has 0 fully saturated rings. The SMILES string of the molecule is c1ccc([Si](c2ccccc2)(c2ccccc2)c2cccc(-n3c4ccccc4c4cc(-n5c6ccc(-c7cccc8sc9ccccc9c78)cc6c6cc(-n7c8ccccc8c8ccccc87)ccc65)ccc43)c2)cc1. The van der Waals surface area contributed by atoms with Crippen LogP contribution in [0.4, 0.5) is 0 Å². The minimum absolute atomic E-state index is 1.13. The highest BCUT2D eigenvalue weighted by molar-refractivity contribution is 7.26. The van der Waals surface area contributed by atoms with Crippen molar-refractivity contribution in [3.63, 3.8) is 0 Å². The van der Waals surface area contributed by atoms with E-state index in [1.54, 1.807) is 0 Å². The van der Waals surface area contributed by atoms with Gasteiger partial charge in [0.2, 0.25) is 0 Å². The highest BCUT2D eigenvalue weighted by Crippen LogP contribution is 2.44. The summed E-state index contributed by atoms with van der Waals surface area (Å²) >= 11 is 1.87. The molecule has 360 valence electrons. The summed E-state index contributed by atoms with van der Waals surface area (Å²) in [6, 6.07) is 107. The first-order chi connectivity index (χ1) is 38.2. The smallest absolute Gasteiger partial charge is 0.179 e. The number of hydrogen-bond donors (Lipinski definition) is 0. The first-order valence-electron chi connectivity index (χ1n) is 26.5. The van der Waals surface area contributed by atoms with Crippen LogP contribution in [0.3, 0.4) is 0 Å². The van der Waals surface area contributed by atoms with Crippen molar-refractivity contribution in [2.45, 2.75) is 0 Å². The molecule has 0 spiro atoms. The molecule has 0 atom stereocenters. The van der Waals surface area contributed by atoms with Crippen molar-refractivity contribution in [2.75, 3.05) is 0 Å². The van der Waals surface area contributed by atoms with Gasteiger partial charge in [0.25, 0.3) is 0 Å². The van der Waals surface area contributed by atoms with Gasteiger partial charge in [0.15, 0.2) is 8.07 Å². The molecule has 0 aliphatic heterocycles. The minimum Gasteiger partial charge on any atom is -0.309 e. The highest BCUT2D eigenvalue weighted by Gasteiger charge is 2.41. The minimum atomic E-state index is -2.79. The largest absolute Gasteiger partial charge is 0.309 e. The van der Waals surface area contributed by atoms with E-state index in [9.17, 15) is 0 Å². The van der Waals surface area contributed by atoms with Crippen LogP contribution in [0.2, 0.25) is 0 Å². The lowest BCUT2D eigenvalue weighted by Gasteiger charge is -2.34. The molecule has 0 radical (unpaired) electrons. The van der Waals surface area contributed by atoms with E-state index in [1.165, 1.54) is 117 Å². The van der Waals surface area contributed by atoms with E-state index in [0.717, 1.165) is 17.1 Å². The Bertz CT molecular complexity index is 4840. The summed E-state index contributed by atoms with van der Waals surface area (Å²) < 4.78 is 10.1. The van der Waals surface area contributed by atoms with Crippen LogP contribution in [0.15, 0.2) is 285 Å². The maximum atomic E-state index is 2.50. The van der Waals surface area contributed by atoms with E-state index in [4.69, 9.17) is 0 Å². The molecule has 4 heterocycles. The van der Waals surface area contributed by atoms with Crippen molar-refractivity contribution in [3.8, 4) is 28.2 Å². The topological polar surface area (TPSA) is 14.8 Å². The van der Waals surface area contributed by atoms with E-state index < -0.39 is 8.07 Å². The van der Waals surface area contributed by atoms with Crippen molar-refractivity contribution in [1.29, 1.82) is 0 Å². The molecular weight excluding hydrogens is 967 g/mol. The lowest BCUT2D eigenvalue weighted by atomic mass is 9.98. The molecule has 0 bridgehead atoms. The Morgan fingerprint density at radius 1 is 0.247 bits per heavy atom. The fraction of sp³-hybridized carbons (Fsp3) is 0. The van der Waals surface area contributed by atoms with Crippen molar-refractivity contribution >= 4 is 126 Å². The summed E-state index contributed by atoms with van der Waals surface area (Å²) in [5.41, 5.74) is 13.0. The maximum absolute atomic E-state index is 2.79. The quantitative estimate of drug-likeness (QED) is 0.106. The number of nitrogens with zero attached hydrogens (tertiary/aromatic N) is 3. The third-order valence-corrected chi connectivity index (χ3v) is 22.3. The second kappa shape index (κ2) is 17.3. The van der Waals surface area contributed by atoms with Crippen LogP contribution in [0.1, 0.15) is 0 Å². The van der Waals surface area contributed by atoms with Crippen molar-refractivity contribution in [3.05, 3.63) is 285 Å². The molecule has 0 unspecified atom stereocenters. The number of hydrogen-bond acceptors (Lipinski definition) is 1. The maximum Gasteiger partial charge on any atom is 0.179 e. The Morgan fingerprint density at radius 2 is 0.636 bits per heavy atom. The zero-order chi connectivity index (χ0) is 50.6. The van der Waals surface area contributed by atoms with E-state index in [-0.39, 0.29) is 0 Å². The molecule has 0 N–H and O–H groups in total. The van der Waals surface area contributed by atoms with E-state index in [1.807, 2.05) is 11.3 Å². The molecule has 16 aromatic rings. The number of thiophene rings is 1. The summed E-state index contributed by atoms with van der Waals surface area (Å²) in [6.07, 6.45) is 0. The van der Waals surface area contributed by atoms with Crippen LogP contribution in [0.5, 0.6) is 0 Å². The van der Waals surface area contributed by atoms with Gasteiger partial charge in [-0.1, -0.05) is 194 Å². The fourth-order valence-electron chi connectivity index (χ4n) is 13.1. The van der Waals surface area contributed by atoms with Crippen LogP contribution in [0.25, 0.3) is 114 Å². The van der Waals surface area contributed by atoms with Crippen molar-refractivity contribution in [1.82, 2.24) is 13.7 Å². The van der Waals surface area contributed by atoms with Gasteiger partial charge in [0.05, 0.1) is 33.1 Å². The van der Waals surface area contributed by atoms with Gasteiger partial charge < -0.3 is 13.7 Å². The predicted octanol–water partition coefficient (Wildman–Crippen LogP) is 16.4. The number of rotatable bonds is 8. The summed E-state index contributed by atoms with van der Waals surface area (Å²) in [6.45, 7) is 0. The summed E-state index contributed by atoms with van der Waals surface area (Å²) in [7, 11) is -2.79. The monoisotopic (exact) mass is 1010 g/mol. The van der Waals surface area contributed by atoms with Gasteiger partial charge >= 0.3 is 0 Å². The Balaban J connectivity index is 0.921. The lowest BCUT2D eigenvalue weighted by molar-refractivity contribution is 1.16. The summed E-state index contributed by atoms with van der Waals surface area (Å²) in [4.78, 5) is 0. The third-order valence-electron chi connectivity index (χ3n) is 16.4. The number of para-hydroxylation sites is 3. The van der Waals surface area contributed by atoms with Crippen LogP contribution < -0.4 is 20.7 Å². The fourth-order valence-corrected chi connectivity index (χ4v) is 19.1. The first-order valence-corrected chi connectivity index (χ1v) is 29.3. The molecule has 0 amide bonds. The average molecular weight is 1010 g/mol. The Kier molecular flexibility index (Phi) is 9.83. The van der Waals surface area contributed by atoms with Gasteiger partial charge in [-0.15, -0.1) is 11.3 Å². The third kappa shape index (κ3) is 6.55. The Labute approximate surface area is 450 Å². The van der Waals surface area contributed by atoms with E-state index in [2.05, 4.69) is 299 Å². The second-order valence-electron chi connectivity index (χ2n) is 20.4. The number of aromatic nitrogens is 3. The van der Waals surface area contributed by atoms with Gasteiger partial charge in [-0.3, -0.25) is 0 Å². The normalized spacial score (nSPS) is 12.2. The van der Waals surface area contributed by atoms with Gasteiger partial charge in [0.1, 0.15) is 0 Å². The van der Waals surface area contributed by atoms with Crippen molar-refractivity contribution in [2.24, 2.45) is 0 Å². The lowest BCUT2D eigenvalue weighted by Crippen LogP contribution is -2.74. The summed E-state index contributed by atoms with van der Waals surface area (Å²) in [5.74, 6) is 0. The molecule has 0 aliphatic rings. The van der Waals surface area contributed by atoms with Crippen LogP contribution in [-0.4, -0.2) is 21.8 Å².